The van der Waals surface area contributed by atoms with Crippen LogP contribution in [0, 0.1) is 17.8 Å². The number of nitrogens with zero attached hydrogens (tertiary/aromatic N) is 1. The van der Waals surface area contributed by atoms with E-state index in [1.165, 1.54) is 38.5 Å². The molecule has 0 saturated heterocycles. The molecule has 0 aliphatic heterocycles. The molecule has 0 amide bonds. The van der Waals surface area contributed by atoms with Crippen molar-refractivity contribution < 1.29 is 0 Å². The quantitative estimate of drug-likeness (QED) is 0.889. The van der Waals surface area contributed by atoms with Crippen molar-refractivity contribution in [3.8, 4) is 0 Å². The highest BCUT2D eigenvalue weighted by Gasteiger charge is 2.51. The lowest BCUT2D eigenvalue weighted by atomic mass is 9.53. The smallest absolute Gasteiger partial charge is 0.183 e. The first-order valence-electron chi connectivity index (χ1n) is 7.67. The molecule has 0 aromatic carbocycles. The maximum Gasteiger partial charge on any atom is 0.183 e. The summed E-state index contributed by atoms with van der Waals surface area (Å²) in [6, 6.07) is 0. The Bertz CT molecular complexity index is 432. The first kappa shape index (κ1) is 12.2. The minimum atomic E-state index is 0.382. The van der Waals surface area contributed by atoms with Gasteiger partial charge in [0.1, 0.15) is 0 Å². The highest BCUT2D eigenvalue weighted by Crippen LogP contribution is 2.56. The van der Waals surface area contributed by atoms with Crippen LogP contribution in [0.1, 0.15) is 44.2 Å². The summed E-state index contributed by atoms with van der Waals surface area (Å²) in [6.07, 6.45) is 9.53. The highest BCUT2D eigenvalue weighted by atomic mass is 32.1. The Morgan fingerprint density at radius 2 is 1.84 bits per heavy atom. The van der Waals surface area contributed by atoms with Crippen LogP contribution in [0.2, 0.25) is 0 Å². The minimum Gasteiger partial charge on any atom is -0.356 e. The second-order valence-electron chi connectivity index (χ2n) is 7.01. The molecule has 0 radical (unpaired) electrons. The Balaban J connectivity index is 1.52. The maximum absolute atomic E-state index is 5.60. The van der Waals surface area contributed by atoms with E-state index in [0.717, 1.165) is 35.0 Å². The molecule has 4 bridgehead atoms. The van der Waals surface area contributed by atoms with Gasteiger partial charge in [0.25, 0.3) is 0 Å². The van der Waals surface area contributed by atoms with Crippen molar-refractivity contribution in [3.05, 3.63) is 11.1 Å². The van der Waals surface area contributed by atoms with Crippen LogP contribution >= 0.6 is 11.3 Å². The summed E-state index contributed by atoms with van der Waals surface area (Å²) in [5.74, 6) is 2.96. The zero-order valence-electron chi connectivity index (χ0n) is 11.4. The Morgan fingerprint density at radius 3 is 2.42 bits per heavy atom. The number of rotatable bonds is 4. The van der Waals surface area contributed by atoms with E-state index in [-0.39, 0.29) is 0 Å². The van der Waals surface area contributed by atoms with Crippen molar-refractivity contribution in [1.29, 1.82) is 0 Å². The lowest BCUT2D eigenvalue weighted by Gasteiger charge is -2.56. The molecule has 1 aromatic heterocycles. The Labute approximate surface area is 119 Å². The summed E-state index contributed by atoms with van der Waals surface area (Å²) in [4.78, 5) is 4.70. The first-order valence-corrected chi connectivity index (χ1v) is 8.55. The normalized spacial score (nSPS) is 39.7. The van der Waals surface area contributed by atoms with E-state index in [9.17, 15) is 0 Å². The Morgan fingerprint density at radius 1 is 1.21 bits per heavy atom. The van der Waals surface area contributed by atoms with Gasteiger partial charge in [-0.3, -0.25) is 0 Å². The fourth-order valence-electron chi connectivity index (χ4n) is 5.12. The van der Waals surface area contributed by atoms with Gasteiger partial charge in [0, 0.05) is 17.3 Å². The molecule has 3 nitrogen and oxygen atoms in total. The fourth-order valence-corrected chi connectivity index (χ4v) is 5.98. The van der Waals surface area contributed by atoms with E-state index >= 15 is 0 Å². The van der Waals surface area contributed by atoms with Gasteiger partial charge in [-0.2, -0.15) is 0 Å². The van der Waals surface area contributed by atoms with Crippen LogP contribution in [-0.2, 0) is 6.42 Å². The minimum absolute atomic E-state index is 0.382. The molecule has 4 saturated carbocycles. The molecule has 0 atom stereocenters. The van der Waals surface area contributed by atoms with Crippen LogP contribution in [0.15, 0.2) is 5.38 Å². The van der Waals surface area contributed by atoms with Gasteiger partial charge in [-0.25, -0.2) is 4.98 Å². The van der Waals surface area contributed by atoms with Crippen LogP contribution in [0.4, 0.5) is 5.13 Å². The monoisotopic (exact) mass is 277 g/mol. The van der Waals surface area contributed by atoms with E-state index in [0.29, 0.717) is 12.1 Å². The average molecular weight is 277 g/mol. The molecule has 0 spiro atoms. The molecule has 19 heavy (non-hydrogen) atoms. The third kappa shape index (κ3) is 2.19. The predicted octanol–water partition coefficient (Wildman–Crippen LogP) is 3.03. The van der Waals surface area contributed by atoms with Crippen LogP contribution in [0.3, 0.4) is 0 Å². The van der Waals surface area contributed by atoms with Crippen molar-refractivity contribution in [2.24, 2.45) is 23.5 Å². The molecule has 4 heteroatoms. The lowest BCUT2D eigenvalue weighted by molar-refractivity contribution is 0.0107. The van der Waals surface area contributed by atoms with Crippen molar-refractivity contribution in [2.75, 3.05) is 11.9 Å². The van der Waals surface area contributed by atoms with Crippen LogP contribution in [0.5, 0.6) is 0 Å². The van der Waals surface area contributed by atoms with Gasteiger partial charge >= 0.3 is 0 Å². The summed E-state index contributed by atoms with van der Waals surface area (Å²) in [5.41, 5.74) is 7.14. The van der Waals surface area contributed by atoms with Gasteiger partial charge < -0.3 is 11.1 Å². The van der Waals surface area contributed by atoms with Crippen LogP contribution in [0.25, 0.3) is 0 Å². The van der Waals surface area contributed by atoms with E-state index in [1.54, 1.807) is 11.3 Å². The predicted molar refractivity (Wildman–Crippen MR) is 79.4 cm³/mol. The van der Waals surface area contributed by atoms with E-state index in [2.05, 4.69) is 10.7 Å². The third-order valence-corrected chi connectivity index (χ3v) is 6.17. The standard InChI is InChI=1S/C15H23N3S/c16-2-1-13-9-19-14(17-13)18-15-6-10-3-11(7-15)5-12(4-10)8-15/h9-12H,1-8,16H2,(H,17,18). The largest absolute Gasteiger partial charge is 0.356 e. The van der Waals surface area contributed by atoms with Gasteiger partial charge in [0.15, 0.2) is 5.13 Å². The summed E-state index contributed by atoms with van der Waals surface area (Å²) >= 11 is 1.76. The number of aromatic nitrogens is 1. The number of anilines is 1. The molecule has 104 valence electrons. The van der Waals surface area contributed by atoms with Gasteiger partial charge in [-0.15, -0.1) is 11.3 Å². The van der Waals surface area contributed by atoms with Crippen molar-refractivity contribution in [3.63, 3.8) is 0 Å². The molecular formula is C15H23N3S. The van der Waals surface area contributed by atoms with E-state index in [1.807, 2.05) is 0 Å². The second kappa shape index (κ2) is 4.45. The number of hydrogen-bond donors (Lipinski definition) is 2. The molecular weight excluding hydrogens is 254 g/mol. The average Bonchev–Trinajstić information content (AvgIpc) is 2.74. The molecule has 0 unspecified atom stereocenters. The summed E-state index contributed by atoms with van der Waals surface area (Å²) < 4.78 is 0. The second-order valence-corrected chi connectivity index (χ2v) is 7.86. The molecule has 5 rings (SSSR count). The van der Waals surface area contributed by atoms with Gasteiger partial charge in [-0.1, -0.05) is 0 Å². The molecule has 4 aliphatic rings. The van der Waals surface area contributed by atoms with Gasteiger partial charge in [0.05, 0.1) is 5.69 Å². The molecule has 4 aliphatic carbocycles. The summed E-state index contributed by atoms with van der Waals surface area (Å²) in [5, 5.41) is 7.12. The fraction of sp³-hybridized carbons (Fsp3) is 0.800. The van der Waals surface area contributed by atoms with Crippen LogP contribution < -0.4 is 11.1 Å². The zero-order chi connectivity index (χ0) is 12.9. The highest BCUT2D eigenvalue weighted by molar-refractivity contribution is 7.13. The van der Waals surface area contributed by atoms with E-state index < -0.39 is 0 Å². The van der Waals surface area contributed by atoms with Crippen molar-refractivity contribution in [2.45, 2.75) is 50.5 Å². The molecule has 1 heterocycles. The molecule has 4 fully saturated rings. The zero-order valence-corrected chi connectivity index (χ0v) is 12.2. The van der Waals surface area contributed by atoms with E-state index in [4.69, 9.17) is 10.7 Å². The number of nitrogens with one attached hydrogen (secondary N) is 1. The van der Waals surface area contributed by atoms with Crippen molar-refractivity contribution in [1.82, 2.24) is 4.98 Å². The number of thiazole rings is 1. The Hall–Kier alpha value is -0.610. The summed E-state index contributed by atoms with van der Waals surface area (Å²) in [6.45, 7) is 0.695. The SMILES string of the molecule is NCCc1csc(NC23CC4CC(CC(C4)C2)C3)n1. The number of nitrogens with two attached hydrogens (primary N) is 1. The van der Waals surface area contributed by atoms with Crippen molar-refractivity contribution >= 4 is 16.5 Å². The maximum atomic E-state index is 5.60. The Kier molecular flexibility index (Phi) is 2.85. The number of hydrogen-bond acceptors (Lipinski definition) is 4. The molecule has 1 aromatic rings. The van der Waals surface area contributed by atoms with Crippen LogP contribution in [-0.4, -0.2) is 17.1 Å². The lowest BCUT2D eigenvalue weighted by Crippen LogP contribution is -2.54. The van der Waals surface area contributed by atoms with Gasteiger partial charge in [-0.05, 0) is 62.8 Å². The summed E-state index contributed by atoms with van der Waals surface area (Å²) in [7, 11) is 0. The molecule has 3 N–H and O–H groups in total. The first-order chi connectivity index (χ1) is 9.25. The van der Waals surface area contributed by atoms with Gasteiger partial charge in [0.2, 0.25) is 0 Å². The topological polar surface area (TPSA) is 50.9 Å². The third-order valence-electron chi connectivity index (χ3n) is 5.36.